The molecule has 1 saturated carbocycles. The lowest BCUT2D eigenvalue weighted by Gasteiger charge is -2.23. The first-order valence-corrected chi connectivity index (χ1v) is 8.68. The number of hydrogen-bond acceptors (Lipinski definition) is 4. The average molecular weight is 349 g/mol. The van der Waals surface area contributed by atoms with Crippen molar-refractivity contribution < 1.29 is 14.4 Å². The normalized spacial score (nSPS) is 18.1. The molecule has 0 aromatic heterocycles. The predicted octanol–water partition coefficient (Wildman–Crippen LogP) is 2.70. The van der Waals surface area contributed by atoms with Crippen LogP contribution in [0.1, 0.15) is 46.4 Å². The van der Waals surface area contributed by atoms with Crippen molar-refractivity contribution in [1.82, 2.24) is 0 Å². The molecule has 0 atom stereocenters. The third kappa shape index (κ3) is 2.59. The van der Waals surface area contributed by atoms with Gasteiger partial charge in [-0.2, -0.15) is 0 Å². The van der Waals surface area contributed by atoms with Crippen molar-refractivity contribution in [2.45, 2.75) is 31.2 Å². The molecule has 6 nitrogen and oxygen atoms in total. The molecule has 0 radical (unpaired) electrons. The van der Waals surface area contributed by atoms with E-state index in [1.807, 2.05) is 0 Å². The highest BCUT2D eigenvalue weighted by atomic mass is 16.2. The second-order valence-electron chi connectivity index (χ2n) is 6.86. The van der Waals surface area contributed by atoms with Gasteiger partial charge in [0, 0.05) is 5.69 Å². The summed E-state index contributed by atoms with van der Waals surface area (Å²) in [5, 5.41) is 2.83. The summed E-state index contributed by atoms with van der Waals surface area (Å²) < 4.78 is 0. The Bertz CT molecular complexity index is 881. The molecule has 132 valence electrons. The first-order valence-electron chi connectivity index (χ1n) is 8.68. The Morgan fingerprint density at radius 3 is 2.19 bits per heavy atom. The van der Waals surface area contributed by atoms with Crippen LogP contribution in [-0.2, 0) is 4.79 Å². The first kappa shape index (κ1) is 16.5. The Morgan fingerprint density at radius 1 is 0.962 bits per heavy atom. The number of rotatable bonds is 3. The van der Waals surface area contributed by atoms with E-state index in [0.717, 1.165) is 17.7 Å². The summed E-state index contributed by atoms with van der Waals surface area (Å²) in [6, 6.07) is 13.4. The molecule has 1 aliphatic carbocycles. The minimum Gasteiger partial charge on any atom is -0.324 e. The summed E-state index contributed by atoms with van der Waals surface area (Å²) in [7, 11) is 0. The fourth-order valence-corrected chi connectivity index (χ4v) is 3.64. The number of hydrogen-bond donors (Lipinski definition) is 2. The van der Waals surface area contributed by atoms with Crippen LogP contribution in [-0.4, -0.2) is 23.3 Å². The molecule has 0 bridgehead atoms. The topological polar surface area (TPSA) is 92.5 Å². The Kier molecular flexibility index (Phi) is 3.85. The number of nitrogens with two attached hydrogens (primary N) is 1. The third-order valence-electron chi connectivity index (χ3n) is 5.10. The van der Waals surface area contributed by atoms with Gasteiger partial charge in [-0.15, -0.1) is 0 Å². The number of carbonyl (C=O) groups is 3. The van der Waals surface area contributed by atoms with Crippen LogP contribution < -0.4 is 16.0 Å². The lowest BCUT2D eigenvalue weighted by Crippen LogP contribution is -2.48. The molecule has 0 spiro atoms. The van der Waals surface area contributed by atoms with Crippen LogP contribution in [0.15, 0.2) is 48.5 Å². The lowest BCUT2D eigenvalue weighted by molar-refractivity contribution is -0.121. The number of nitrogens with one attached hydrogen (secondary N) is 1. The van der Waals surface area contributed by atoms with Gasteiger partial charge in [0.15, 0.2) is 0 Å². The van der Waals surface area contributed by atoms with Crippen molar-refractivity contribution in [1.29, 1.82) is 0 Å². The third-order valence-corrected chi connectivity index (χ3v) is 5.10. The van der Waals surface area contributed by atoms with E-state index in [1.54, 1.807) is 48.5 Å². The van der Waals surface area contributed by atoms with E-state index in [4.69, 9.17) is 5.73 Å². The maximum Gasteiger partial charge on any atom is 0.266 e. The molecule has 1 heterocycles. The van der Waals surface area contributed by atoms with Crippen LogP contribution in [0, 0.1) is 0 Å². The monoisotopic (exact) mass is 349 g/mol. The highest BCUT2D eigenvalue weighted by molar-refractivity contribution is 6.34. The number of imide groups is 1. The molecule has 4 rings (SSSR count). The van der Waals surface area contributed by atoms with Crippen molar-refractivity contribution in [2.75, 3.05) is 10.2 Å². The minimum atomic E-state index is -0.842. The van der Waals surface area contributed by atoms with Crippen LogP contribution in [0.25, 0.3) is 0 Å². The van der Waals surface area contributed by atoms with E-state index in [-0.39, 0.29) is 17.7 Å². The second-order valence-corrected chi connectivity index (χ2v) is 6.86. The van der Waals surface area contributed by atoms with Crippen molar-refractivity contribution in [3.63, 3.8) is 0 Å². The van der Waals surface area contributed by atoms with Gasteiger partial charge in [0.1, 0.15) is 0 Å². The van der Waals surface area contributed by atoms with E-state index in [9.17, 15) is 14.4 Å². The van der Waals surface area contributed by atoms with Crippen LogP contribution in [0.5, 0.6) is 0 Å². The van der Waals surface area contributed by atoms with Crippen LogP contribution in [0.3, 0.4) is 0 Å². The van der Waals surface area contributed by atoms with Gasteiger partial charge in [0.05, 0.1) is 22.4 Å². The Morgan fingerprint density at radius 2 is 1.58 bits per heavy atom. The highest BCUT2D eigenvalue weighted by Gasteiger charge is 2.38. The molecule has 26 heavy (non-hydrogen) atoms. The minimum absolute atomic E-state index is 0.227. The zero-order valence-electron chi connectivity index (χ0n) is 14.2. The first-order chi connectivity index (χ1) is 12.5. The Hall–Kier alpha value is -2.99. The fraction of sp³-hybridized carbons (Fsp3) is 0.250. The van der Waals surface area contributed by atoms with Crippen molar-refractivity contribution in [2.24, 2.45) is 5.73 Å². The quantitative estimate of drug-likeness (QED) is 0.833. The van der Waals surface area contributed by atoms with Gasteiger partial charge in [0.2, 0.25) is 5.91 Å². The summed E-state index contributed by atoms with van der Waals surface area (Å²) in [6.45, 7) is 0. The predicted molar refractivity (Wildman–Crippen MR) is 98.0 cm³/mol. The van der Waals surface area contributed by atoms with E-state index in [2.05, 4.69) is 5.32 Å². The van der Waals surface area contributed by atoms with Crippen LogP contribution in [0.4, 0.5) is 11.4 Å². The number of amides is 3. The van der Waals surface area contributed by atoms with Gasteiger partial charge in [-0.05, 0) is 43.2 Å². The van der Waals surface area contributed by atoms with Crippen molar-refractivity contribution >= 4 is 29.1 Å². The van der Waals surface area contributed by atoms with Crippen LogP contribution in [0.2, 0.25) is 0 Å². The van der Waals surface area contributed by atoms with Gasteiger partial charge < -0.3 is 11.1 Å². The zero-order chi connectivity index (χ0) is 18.3. The maximum absolute atomic E-state index is 12.6. The average Bonchev–Trinajstić information content (AvgIpc) is 3.19. The molecular formula is C20H19N3O3. The SMILES string of the molecule is NC1(C(=O)Nc2cccc(N3C(=O)c4ccccc4C3=O)c2)CCCC1. The summed E-state index contributed by atoms with van der Waals surface area (Å²) in [5.41, 5.74) is 7.05. The smallest absolute Gasteiger partial charge is 0.266 e. The number of fused-ring (bicyclic) bond motifs is 1. The van der Waals surface area contributed by atoms with E-state index in [1.165, 1.54) is 0 Å². The molecule has 3 amide bonds. The zero-order valence-corrected chi connectivity index (χ0v) is 14.2. The van der Waals surface area contributed by atoms with Gasteiger partial charge in [-0.3, -0.25) is 14.4 Å². The molecule has 3 N–H and O–H groups in total. The molecule has 2 aromatic carbocycles. The number of benzene rings is 2. The maximum atomic E-state index is 12.6. The van der Waals surface area contributed by atoms with Crippen molar-refractivity contribution in [3.8, 4) is 0 Å². The molecular weight excluding hydrogens is 330 g/mol. The number of nitrogens with zero attached hydrogens (tertiary/aromatic N) is 1. The highest BCUT2D eigenvalue weighted by Crippen LogP contribution is 2.31. The second kappa shape index (κ2) is 6.07. The standard InChI is InChI=1S/C20H19N3O3/c21-20(10-3-4-11-20)19(26)22-13-6-5-7-14(12-13)23-17(24)15-8-1-2-9-16(15)18(23)25/h1-2,5-9,12H,3-4,10-11,21H2,(H,22,26). The summed E-state index contributed by atoms with van der Waals surface area (Å²) in [6.07, 6.45) is 3.21. The van der Waals surface area contributed by atoms with Gasteiger partial charge in [-0.25, -0.2) is 4.90 Å². The van der Waals surface area contributed by atoms with Gasteiger partial charge in [-0.1, -0.05) is 31.0 Å². The van der Waals surface area contributed by atoms with Gasteiger partial charge >= 0.3 is 0 Å². The largest absolute Gasteiger partial charge is 0.324 e. The molecule has 2 aromatic rings. The molecule has 2 aliphatic rings. The molecule has 0 unspecified atom stereocenters. The van der Waals surface area contributed by atoms with E-state index < -0.39 is 5.54 Å². The molecule has 0 saturated heterocycles. The number of anilines is 2. The lowest BCUT2D eigenvalue weighted by atomic mass is 9.98. The summed E-state index contributed by atoms with van der Waals surface area (Å²) in [4.78, 5) is 38.8. The Labute approximate surface area is 151 Å². The molecule has 1 fully saturated rings. The summed E-state index contributed by atoms with van der Waals surface area (Å²) in [5.74, 6) is -0.949. The molecule has 6 heteroatoms. The Balaban J connectivity index is 1.60. The van der Waals surface area contributed by atoms with E-state index in [0.29, 0.717) is 35.3 Å². The fourth-order valence-electron chi connectivity index (χ4n) is 3.64. The van der Waals surface area contributed by atoms with Crippen molar-refractivity contribution in [3.05, 3.63) is 59.7 Å². The summed E-state index contributed by atoms with van der Waals surface area (Å²) >= 11 is 0. The van der Waals surface area contributed by atoms with Gasteiger partial charge in [0.25, 0.3) is 11.8 Å². The van der Waals surface area contributed by atoms with Crippen LogP contribution >= 0.6 is 0 Å². The number of carbonyl (C=O) groups excluding carboxylic acids is 3. The van der Waals surface area contributed by atoms with E-state index >= 15 is 0 Å². The molecule has 1 aliphatic heterocycles.